The van der Waals surface area contributed by atoms with Crippen molar-refractivity contribution in [2.45, 2.75) is 45.8 Å². The fourth-order valence-corrected chi connectivity index (χ4v) is 3.20. The first kappa shape index (κ1) is 13.1. The second-order valence-corrected chi connectivity index (χ2v) is 8.82. The quantitative estimate of drug-likeness (QED) is 0.646. The van der Waals surface area contributed by atoms with E-state index in [1.54, 1.807) is 0 Å². The van der Waals surface area contributed by atoms with Crippen molar-refractivity contribution in [2.75, 3.05) is 13.2 Å². The largest absolute Gasteiger partial charge is 0.417 e. The van der Waals surface area contributed by atoms with Crippen LogP contribution in [-0.4, -0.2) is 21.5 Å². The van der Waals surface area contributed by atoms with Crippen LogP contribution in [0.25, 0.3) is 0 Å². The molecule has 0 aromatic carbocycles. The Hall–Kier alpha value is 0.137. The molecule has 0 saturated carbocycles. The maximum absolute atomic E-state index is 5.94. The average molecular weight is 203 g/mol. The molecular formula is C10H25NOSi. The third-order valence-corrected chi connectivity index (χ3v) is 4.80. The molecule has 0 aliphatic rings. The van der Waals surface area contributed by atoms with Crippen molar-refractivity contribution in [3.05, 3.63) is 0 Å². The van der Waals surface area contributed by atoms with Crippen molar-refractivity contribution in [1.29, 1.82) is 0 Å². The van der Waals surface area contributed by atoms with Gasteiger partial charge in [-0.05, 0) is 31.6 Å². The first-order valence-corrected chi connectivity index (χ1v) is 8.47. The summed E-state index contributed by atoms with van der Waals surface area (Å²) >= 11 is 0. The van der Waals surface area contributed by atoms with Gasteiger partial charge in [0.1, 0.15) is 0 Å². The fraction of sp³-hybridized carbons (Fsp3) is 1.00. The number of nitrogens with two attached hydrogens (primary N) is 1. The predicted molar refractivity (Wildman–Crippen MR) is 61.4 cm³/mol. The van der Waals surface area contributed by atoms with Gasteiger partial charge in [0.2, 0.25) is 0 Å². The second kappa shape index (κ2) is 6.57. The molecule has 0 saturated heterocycles. The molecule has 1 unspecified atom stereocenters. The Bertz CT molecular complexity index is 128. The summed E-state index contributed by atoms with van der Waals surface area (Å²) < 4.78 is 5.94. The van der Waals surface area contributed by atoms with Crippen molar-refractivity contribution in [3.63, 3.8) is 0 Å². The van der Waals surface area contributed by atoms with Crippen LogP contribution in [-0.2, 0) is 4.43 Å². The molecule has 3 heteroatoms. The smallest absolute Gasteiger partial charge is 0.186 e. The van der Waals surface area contributed by atoms with Crippen LogP contribution in [0.5, 0.6) is 0 Å². The topological polar surface area (TPSA) is 35.2 Å². The molecule has 0 amide bonds. The molecule has 0 fully saturated rings. The van der Waals surface area contributed by atoms with E-state index in [-0.39, 0.29) is 0 Å². The van der Waals surface area contributed by atoms with Crippen molar-refractivity contribution < 1.29 is 4.43 Å². The molecule has 0 radical (unpaired) electrons. The highest BCUT2D eigenvalue weighted by Crippen LogP contribution is 2.15. The SMILES string of the molecule is CCCC[Si](C)(C)OCC(C)CN. The van der Waals surface area contributed by atoms with Crippen LogP contribution >= 0.6 is 0 Å². The minimum atomic E-state index is -1.36. The molecule has 1 atom stereocenters. The van der Waals surface area contributed by atoms with Gasteiger partial charge in [-0.1, -0.05) is 26.7 Å². The van der Waals surface area contributed by atoms with Crippen LogP contribution in [0.3, 0.4) is 0 Å². The summed E-state index contributed by atoms with van der Waals surface area (Å²) in [5.41, 5.74) is 5.54. The molecule has 0 spiro atoms. The lowest BCUT2D eigenvalue weighted by molar-refractivity contribution is 0.253. The van der Waals surface area contributed by atoms with Gasteiger partial charge in [-0.2, -0.15) is 0 Å². The fourth-order valence-electron chi connectivity index (χ4n) is 1.11. The summed E-state index contributed by atoms with van der Waals surface area (Å²) in [5.74, 6) is 0.508. The maximum atomic E-state index is 5.94. The van der Waals surface area contributed by atoms with E-state index in [0.29, 0.717) is 5.92 Å². The summed E-state index contributed by atoms with van der Waals surface area (Å²) in [7, 11) is -1.36. The Morgan fingerprint density at radius 1 is 1.38 bits per heavy atom. The Morgan fingerprint density at radius 3 is 2.46 bits per heavy atom. The van der Waals surface area contributed by atoms with E-state index < -0.39 is 8.32 Å². The molecule has 0 rings (SSSR count). The van der Waals surface area contributed by atoms with E-state index in [0.717, 1.165) is 13.2 Å². The molecule has 0 aromatic heterocycles. The Kier molecular flexibility index (Phi) is 6.64. The lowest BCUT2D eigenvalue weighted by Gasteiger charge is -2.24. The van der Waals surface area contributed by atoms with E-state index in [2.05, 4.69) is 26.9 Å². The summed E-state index contributed by atoms with van der Waals surface area (Å²) in [6, 6.07) is 1.28. The Labute approximate surface area is 84.0 Å². The highest BCUT2D eigenvalue weighted by Gasteiger charge is 2.21. The van der Waals surface area contributed by atoms with Crippen LogP contribution in [0.1, 0.15) is 26.7 Å². The Balaban J connectivity index is 3.61. The zero-order valence-electron chi connectivity index (χ0n) is 9.60. The van der Waals surface area contributed by atoms with Crippen molar-refractivity contribution >= 4 is 8.32 Å². The molecule has 0 aliphatic heterocycles. The van der Waals surface area contributed by atoms with Gasteiger partial charge in [0.25, 0.3) is 0 Å². The van der Waals surface area contributed by atoms with Gasteiger partial charge in [0, 0.05) is 6.61 Å². The van der Waals surface area contributed by atoms with Crippen LogP contribution in [0, 0.1) is 5.92 Å². The van der Waals surface area contributed by atoms with Gasteiger partial charge >= 0.3 is 0 Å². The molecule has 0 heterocycles. The zero-order valence-corrected chi connectivity index (χ0v) is 10.6. The van der Waals surface area contributed by atoms with E-state index in [1.807, 2.05) is 0 Å². The van der Waals surface area contributed by atoms with E-state index in [4.69, 9.17) is 10.2 Å². The molecule has 0 aliphatic carbocycles. The van der Waals surface area contributed by atoms with Crippen LogP contribution < -0.4 is 5.73 Å². The normalized spacial score (nSPS) is 14.5. The number of hydrogen-bond donors (Lipinski definition) is 1. The first-order chi connectivity index (χ1) is 6.02. The van der Waals surface area contributed by atoms with Crippen LogP contribution in [0.15, 0.2) is 0 Å². The van der Waals surface area contributed by atoms with Gasteiger partial charge < -0.3 is 10.2 Å². The van der Waals surface area contributed by atoms with Gasteiger partial charge in [-0.25, -0.2) is 0 Å². The molecule has 2 N–H and O–H groups in total. The number of hydrogen-bond acceptors (Lipinski definition) is 2. The van der Waals surface area contributed by atoms with E-state index >= 15 is 0 Å². The highest BCUT2D eigenvalue weighted by molar-refractivity contribution is 6.71. The molecular weight excluding hydrogens is 178 g/mol. The van der Waals surface area contributed by atoms with Crippen molar-refractivity contribution in [3.8, 4) is 0 Å². The van der Waals surface area contributed by atoms with Gasteiger partial charge in [-0.15, -0.1) is 0 Å². The minimum absolute atomic E-state index is 0.508. The van der Waals surface area contributed by atoms with E-state index in [1.165, 1.54) is 18.9 Å². The van der Waals surface area contributed by atoms with Gasteiger partial charge in [0.05, 0.1) is 0 Å². The molecule has 0 aromatic rings. The Morgan fingerprint density at radius 2 is 2.00 bits per heavy atom. The first-order valence-electron chi connectivity index (χ1n) is 5.36. The zero-order chi connectivity index (χ0) is 10.3. The van der Waals surface area contributed by atoms with Gasteiger partial charge in [-0.3, -0.25) is 0 Å². The van der Waals surface area contributed by atoms with Crippen molar-refractivity contribution in [2.24, 2.45) is 11.7 Å². The molecule has 0 bridgehead atoms. The third-order valence-electron chi connectivity index (χ3n) is 2.29. The lowest BCUT2D eigenvalue weighted by atomic mass is 10.2. The third kappa shape index (κ3) is 7.23. The average Bonchev–Trinajstić information content (AvgIpc) is 2.11. The summed E-state index contributed by atoms with van der Waals surface area (Å²) in [6.45, 7) is 10.5. The minimum Gasteiger partial charge on any atom is -0.417 e. The number of unbranched alkanes of at least 4 members (excludes halogenated alkanes) is 1. The number of rotatable bonds is 7. The summed E-state index contributed by atoms with van der Waals surface area (Å²) in [4.78, 5) is 0. The van der Waals surface area contributed by atoms with Crippen molar-refractivity contribution in [1.82, 2.24) is 0 Å². The molecule has 80 valence electrons. The van der Waals surface area contributed by atoms with Gasteiger partial charge in [0.15, 0.2) is 8.32 Å². The molecule has 2 nitrogen and oxygen atoms in total. The standard InChI is InChI=1S/C10H25NOSi/c1-5-6-7-13(3,4)12-9-10(2)8-11/h10H,5-9,11H2,1-4H3. The monoisotopic (exact) mass is 203 g/mol. The molecule has 13 heavy (non-hydrogen) atoms. The van der Waals surface area contributed by atoms with E-state index in [9.17, 15) is 0 Å². The highest BCUT2D eigenvalue weighted by atomic mass is 28.4. The maximum Gasteiger partial charge on any atom is 0.186 e. The van der Waals surface area contributed by atoms with Crippen LogP contribution in [0.4, 0.5) is 0 Å². The predicted octanol–water partition coefficient (Wildman–Crippen LogP) is 2.60. The lowest BCUT2D eigenvalue weighted by Crippen LogP contribution is -2.33. The summed E-state index contributed by atoms with van der Waals surface area (Å²) in [5, 5.41) is 0. The van der Waals surface area contributed by atoms with Crippen LogP contribution in [0.2, 0.25) is 19.1 Å². The second-order valence-electron chi connectivity index (χ2n) is 4.52. The summed E-state index contributed by atoms with van der Waals surface area (Å²) in [6.07, 6.45) is 2.57.